The van der Waals surface area contributed by atoms with Crippen LogP contribution in [0, 0.1) is 11.3 Å². The largest absolute Gasteiger partial charge is 0.480 e. The SMILES string of the molecule is C=C/C(C)=C\C=C(/C)Oc1ccc(C#N)cc1N(C)CC(=O)O. The van der Waals surface area contributed by atoms with Crippen LogP contribution in [0.1, 0.15) is 19.4 Å². The third-order valence-corrected chi connectivity index (χ3v) is 3.05. The molecule has 0 aliphatic rings. The van der Waals surface area contributed by atoms with Crippen molar-refractivity contribution in [2.75, 3.05) is 18.5 Å². The maximum Gasteiger partial charge on any atom is 0.323 e. The van der Waals surface area contributed by atoms with Gasteiger partial charge in [0, 0.05) is 7.05 Å². The average Bonchev–Trinajstić information content (AvgIpc) is 2.52. The molecule has 0 aliphatic carbocycles. The summed E-state index contributed by atoms with van der Waals surface area (Å²) in [6, 6.07) is 6.94. The van der Waals surface area contributed by atoms with Crippen LogP contribution in [0.3, 0.4) is 0 Å². The summed E-state index contributed by atoms with van der Waals surface area (Å²) in [7, 11) is 1.64. The predicted octanol–water partition coefficient (Wildman–Crippen LogP) is 3.49. The van der Waals surface area contributed by atoms with Gasteiger partial charge in [0.2, 0.25) is 0 Å². The Morgan fingerprint density at radius 2 is 2.13 bits per heavy atom. The third-order valence-electron chi connectivity index (χ3n) is 3.05. The summed E-state index contributed by atoms with van der Waals surface area (Å²) in [5.41, 5.74) is 1.98. The molecule has 0 saturated carbocycles. The van der Waals surface area contributed by atoms with Crippen LogP contribution in [0.15, 0.2) is 54.3 Å². The van der Waals surface area contributed by atoms with E-state index >= 15 is 0 Å². The Bertz CT molecular complexity index is 697. The zero-order valence-electron chi connectivity index (χ0n) is 13.5. The van der Waals surface area contributed by atoms with E-state index in [0.717, 1.165) is 5.57 Å². The fourth-order valence-electron chi connectivity index (χ4n) is 1.78. The molecule has 0 bridgehead atoms. The smallest absolute Gasteiger partial charge is 0.323 e. The molecule has 0 radical (unpaired) electrons. The number of aliphatic carboxylic acids is 1. The highest BCUT2D eigenvalue weighted by Gasteiger charge is 2.13. The molecule has 1 aromatic rings. The van der Waals surface area contributed by atoms with Gasteiger partial charge in [0.1, 0.15) is 18.1 Å². The van der Waals surface area contributed by atoms with E-state index in [2.05, 4.69) is 6.58 Å². The Hall–Kier alpha value is -3.00. The minimum atomic E-state index is -0.961. The number of ether oxygens (including phenoxy) is 1. The van der Waals surface area contributed by atoms with Crippen molar-refractivity contribution >= 4 is 11.7 Å². The first-order chi connectivity index (χ1) is 10.9. The van der Waals surface area contributed by atoms with Crippen LogP contribution >= 0.6 is 0 Å². The number of hydrogen-bond acceptors (Lipinski definition) is 4. The van der Waals surface area contributed by atoms with Crippen molar-refractivity contribution in [1.29, 1.82) is 5.26 Å². The van der Waals surface area contributed by atoms with Gasteiger partial charge in [-0.15, -0.1) is 0 Å². The average molecular weight is 312 g/mol. The number of carboxylic acids is 1. The molecule has 5 nitrogen and oxygen atoms in total. The van der Waals surface area contributed by atoms with Gasteiger partial charge in [-0.1, -0.05) is 24.3 Å². The Morgan fingerprint density at radius 3 is 2.70 bits per heavy atom. The van der Waals surface area contributed by atoms with E-state index in [-0.39, 0.29) is 6.54 Å². The summed E-state index contributed by atoms with van der Waals surface area (Å²) in [5, 5.41) is 18.0. The van der Waals surface area contributed by atoms with Crippen molar-refractivity contribution in [1.82, 2.24) is 0 Å². The number of rotatable bonds is 7. The van der Waals surface area contributed by atoms with Crippen molar-refractivity contribution in [3.8, 4) is 11.8 Å². The van der Waals surface area contributed by atoms with Gasteiger partial charge < -0.3 is 14.7 Å². The maximum atomic E-state index is 10.9. The molecule has 0 saturated heterocycles. The van der Waals surface area contributed by atoms with Crippen molar-refractivity contribution in [3.05, 3.63) is 59.9 Å². The van der Waals surface area contributed by atoms with Crippen molar-refractivity contribution in [3.63, 3.8) is 0 Å². The van der Waals surface area contributed by atoms with Crippen LogP contribution in [0.4, 0.5) is 5.69 Å². The molecule has 0 atom stereocenters. The number of nitrogens with zero attached hydrogens (tertiary/aromatic N) is 2. The predicted molar refractivity (Wildman–Crippen MR) is 90.4 cm³/mol. The van der Waals surface area contributed by atoms with Crippen molar-refractivity contribution < 1.29 is 14.6 Å². The monoisotopic (exact) mass is 312 g/mol. The van der Waals surface area contributed by atoms with Crippen LogP contribution in [0.25, 0.3) is 0 Å². The van der Waals surface area contributed by atoms with Crippen LogP contribution in [-0.2, 0) is 4.79 Å². The van der Waals surface area contributed by atoms with Gasteiger partial charge in [-0.2, -0.15) is 5.26 Å². The van der Waals surface area contributed by atoms with Crippen molar-refractivity contribution in [2.24, 2.45) is 0 Å². The van der Waals surface area contributed by atoms with Gasteiger partial charge >= 0.3 is 5.97 Å². The number of benzene rings is 1. The fraction of sp³-hybridized carbons (Fsp3) is 0.222. The van der Waals surface area contributed by atoms with E-state index in [4.69, 9.17) is 15.1 Å². The van der Waals surface area contributed by atoms with E-state index in [1.165, 1.54) is 4.90 Å². The van der Waals surface area contributed by atoms with Crippen molar-refractivity contribution in [2.45, 2.75) is 13.8 Å². The van der Waals surface area contributed by atoms with Crippen LogP contribution in [0.5, 0.6) is 5.75 Å². The Morgan fingerprint density at radius 1 is 1.43 bits per heavy atom. The molecule has 0 aromatic heterocycles. The minimum absolute atomic E-state index is 0.191. The minimum Gasteiger partial charge on any atom is -0.480 e. The topological polar surface area (TPSA) is 73.6 Å². The number of nitriles is 1. The first kappa shape index (κ1) is 18.1. The number of likely N-dealkylation sites (N-methyl/N-ethyl adjacent to an activating group) is 1. The zero-order valence-corrected chi connectivity index (χ0v) is 13.5. The van der Waals surface area contributed by atoms with Crippen LogP contribution in [-0.4, -0.2) is 24.7 Å². The third kappa shape index (κ3) is 5.71. The summed E-state index contributed by atoms with van der Waals surface area (Å²) in [6.07, 6.45) is 5.40. The van der Waals surface area contributed by atoms with Gasteiger partial charge in [-0.25, -0.2) is 0 Å². The summed E-state index contributed by atoms with van der Waals surface area (Å²) < 4.78 is 5.78. The summed E-state index contributed by atoms with van der Waals surface area (Å²) in [5.74, 6) is 0.171. The number of carboxylic acid groups (broad SMARTS) is 1. The first-order valence-electron chi connectivity index (χ1n) is 7.00. The lowest BCUT2D eigenvalue weighted by molar-refractivity contribution is -0.135. The fourth-order valence-corrected chi connectivity index (χ4v) is 1.78. The van der Waals surface area contributed by atoms with E-state index in [9.17, 15) is 4.79 Å². The number of hydrogen-bond donors (Lipinski definition) is 1. The van der Waals surface area contributed by atoms with Gasteiger partial charge in [0.25, 0.3) is 0 Å². The summed E-state index contributed by atoms with van der Waals surface area (Å²) in [6.45, 7) is 7.20. The molecular formula is C18H20N2O3. The lowest BCUT2D eigenvalue weighted by Crippen LogP contribution is -2.25. The van der Waals surface area contributed by atoms with Gasteiger partial charge in [0.05, 0.1) is 17.3 Å². The van der Waals surface area contributed by atoms with Crippen LogP contribution < -0.4 is 9.64 Å². The molecule has 0 aliphatic heterocycles. The number of allylic oxidation sites excluding steroid dienone is 5. The Balaban J connectivity index is 3.13. The van der Waals surface area contributed by atoms with Gasteiger partial charge in [-0.3, -0.25) is 4.79 Å². The van der Waals surface area contributed by atoms with E-state index < -0.39 is 5.97 Å². The normalized spacial score (nSPS) is 11.6. The van der Waals surface area contributed by atoms with Gasteiger partial charge in [-0.05, 0) is 38.1 Å². The second-order valence-corrected chi connectivity index (χ2v) is 5.04. The molecule has 0 fully saturated rings. The van der Waals surface area contributed by atoms with E-state index in [0.29, 0.717) is 22.8 Å². The van der Waals surface area contributed by atoms with Gasteiger partial charge in [0.15, 0.2) is 0 Å². The summed E-state index contributed by atoms with van der Waals surface area (Å²) in [4.78, 5) is 12.4. The molecule has 0 amide bonds. The second-order valence-electron chi connectivity index (χ2n) is 5.04. The molecule has 0 heterocycles. The molecule has 1 rings (SSSR count). The lowest BCUT2D eigenvalue weighted by atomic mass is 10.2. The molecule has 0 spiro atoms. The Labute approximate surface area is 136 Å². The molecule has 0 unspecified atom stereocenters. The molecule has 5 heteroatoms. The second kappa shape index (κ2) is 8.44. The number of anilines is 1. The highest BCUT2D eigenvalue weighted by atomic mass is 16.5. The zero-order chi connectivity index (χ0) is 17.4. The molecule has 23 heavy (non-hydrogen) atoms. The van der Waals surface area contributed by atoms with Crippen LogP contribution in [0.2, 0.25) is 0 Å². The molecule has 1 N–H and O–H groups in total. The molecule has 120 valence electrons. The van der Waals surface area contributed by atoms with E-state index in [1.807, 2.05) is 19.1 Å². The lowest BCUT2D eigenvalue weighted by Gasteiger charge is -2.20. The summed E-state index contributed by atoms with van der Waals surface area (Å²) >= 11 is 0. The highest BCUT2D eigenvalue weighted by Crippen LogP contribution is 2.30. The first-order valence-corrected chi connectivity index (χ1v) is 7.00. The highest BCUT2D eigenvalue weighted by molar-refractivity contribution is 5.75. The molecule has 1 aromatic carbocycles. The Kier molecular flexibility index (Phi) is 6.63. The quantitative estimate of drug-likeness (QED) is 0.616. The maximum absolute atomic E-state index is 10.9. The molecular weight excluding hydrogens is 292 g/mol. The number of carbonyl (C=O) groups is 1. The standard InChI is InChI=1S/C18H20N2O3/c1-5-13(2)6-7-14(3)23-17-9-8-15(11-19)10-16(17)20(4)12-18(21)22/h5-10H,1,12H2,2-4H3,(H,21,22)/b13-6-,14-7+. The van der Waals surface area contributed by atoms with E-state index in [1.54, 1.807) is 44.3 Å².